The van der Waals surface area contributed by atoms with Gasteiger partial charge in [-0.3, -0.25) is 9.88 Å². The lowest BCUT2D eigenvalue weighted by atomic mass is 10.1. The van der Waals surface area contributed by atoms with E-state index in [1.165, 1.54) is 18.3 Å². The zero-order chi connectivity index (χ0) is 21.7. The van der Waals surface area contributed by atoms with Crippen molar-refractivity contribution in [3.63, 3.8) is 0 Å². The summed E-state index contributed by atoms with van der Waals surface area (Å²) >= 11 is 0. The van der Waals surface area contributed by atoms with Crippen molar-refractivity contribution >= 4 is 0 Å². The molecular formula is C23H23F2N3O3. The topological polar surface area (TPSA) is 56.7 Å². The number of hydrogen-bond donors (Lipinski definition) is 0. The Hall–Kier alpha value is -3.10. The summed E-state index contributed by atoms with van der Waals surface area (Å²) in [6.07, 6.45) is 2.90. The Bertz CT molecular complexity index is 1010. The van der Waals surface area contributed by atoms with Crippen LogP contribution in [0.25, 0.3) is 11.1 Å². The fourth-order valence-corrected chi connectivity index (χ4v) is 3.43. The molecule has 1 fully saturated rings. The Labute approximate surface area is 179 Å². The first-order valence-electron chi connectivity index (χ1n) is 9.97. The van der Waals surface area contributed by atoms with Gasteiger partial charge >= 0.3 is 5.92 Å². The fourth-order valence-electron chi connectivity index (χ4n) is 3.43. The van der Waals surface area contributed by atoms with Crippen molar-refractivity contribution in [2.45, 2.75) is 5.92 Å². The summed E-state index contributed by atoms with van der Waals surface area (Å²) in [6.45, 7) is 1.52. The summed E-state index contributed by atoms with van der Waals surface area (Å²) < 4.78 is 45.8. The second-order valence-corrected chi connectivity index (χ2v) is 7.13. The molecule has 4 rings (SSSR count). The normalized spacial score (nSPS) is 14.9. The fraction of sp³-hybridized carbons (Fsp3) is 0.304. The van der Waals surface area contributed by atoms with Crippen LogP contribution >= 0.6 is 0 Å². The smallest absolute Gasteiger partial charge is 0.302 e. The van der Waals surface area contributed by atoms with Gasteiger partial charge in [-0.1, -0.05) is 18.2 Å². The summed E-state index contributed by atoms with van der Waals surface area (Å²) in [4.78, 5) is 9.95. The minimum absolute atomic E-state index is 0.294. The van der Waals surface area contributed by atoms with E-state index in [-0.39, 0.29) is 12.2 Å². The molecule has 0 bridgehead atoms. The van der Waals surface area contributed by atoms with Crippen LogP contribution in [0.4, 0.5) is 8.78 Å². The molecule has 0 unspecified atom stereocenters. The van der Waals surface area contributed by atoms with Crippen LogP contribution in [0.3, 0.4) is 0 Å². The van der Waals surface area contributed by atoms with Gasteiger partial charge in [0, 0.05) is 30.4 Å². The zero-order valence-electron chi connectivity index (χ0n) is 17.1. The van der Waals surface area contributed by atoms with Crippen LogP contribution < -0.4 is 9.47 Å². The number of morpholine rings is 1. The molecule has 0 radical (unpaired) electrons. The van der Waals surface area contributed by atoms with Crippen LogP contribution in [0.2, 0.25) is 0 Å². The summed E-state index contributed by atoms with van der Waals surface area (Å²) in [5, 5.41) is 0. The second kappa shape index (κ2) is 9.36. The Balaban J connectivity index is 1.52. The number of aromatic nitrogens is 2. The molecule has 0 N–H and O–H groups in total. The molecule has 6 nitrogen and oxygen atoms in total. The van der Waals surface area contributed by atoms with E-state index in [1.807, 2.05) is 30.3 Å². The monoisotopic (exact) mass is 427 g/mol. The average molecular weight is 427 g/mol. The first-order chi connectivity index (χ1) is 15.1. The van der Waals surface area contributed by atoms with E-state index in [2.05, 4.69) is 9.97 Å². The van der Waals surface area contributed by atoms with Crippen LogP contribution in [0, 0.1) is 0 Å². The lowest BCUT2D eigenvalue weighted by molar-refractivity contribution is -0.0645. The van der Waals surface area contributed by atoms with Gasteiger partial charge in [0.05, 0.1) is 33.1 Å². The standard InChI is InChI=1S/C23H23F2N3O3/c1-29-20-7-3-2-5-18(20)19-6-4-10-26-22(19)31-17-8-9-21(27-15-17)23(24,25)16-28-11-13-30-14-12-28/h2-10,15H,11-14,16H2,1H3. The van der Waals surface area contributed by atoms with Crippen LogP contribution in [-0.2, 0) is 10.7 Å². The highest BCUT2D eigenvalue weighted by atomic mass is 19.3. The van der Waals surface area contributed by atoms with Gasteiger partial charge < -0.3 is 14.2 Å². The summed E-state index contributed by atoms with van der Waals surface area (Å²) in [6, 6.07) is 13.9. The summed E-state index contributed by atoms with van der Waals surface area (Å²) in [5.74, 6) is -1.73. The van der Waals surface area contributed by atoms with E-state index in [0.29, 0.717) is 43.7 Å². The van der Waals surface area contributed by atoms with E-state index in [1.54, 1.807) is 24.3 Å². The van der Waals surface area contributed by atoms with Gasteiger partial charge in [-0.2, -0.15) is 8.78 Å². The lowest BCUT2D eigenvalue weighted by Crippen LogP contribution is -2.42. The Kier molecular flexibility index (Phi) is 6.39. The molecule has 0 amide bonds. The quantitative estimate of drug-likeness (QED) is 0.558. The number of ether oxygens (including phenoxy) is 3. The molecule has 1 saturated heterocycles. The third kappa shape index (κ3) is 4.98. The van der Waals surface area contributed by atoms with Crippen LogP contribution in [0.15, 0.2) is 60.9 Å². The second-order valence-electron chi connectivity index (χ2n) is 7.13. The largest absolute Gasteiger partial charge is 0.496 e. The molecule has 0 saturated carbocycles. The number of para-hydroxylation sites is 1. The van der Waals surface area contributed by atoms with Crippen molar-refractivity contribution in [2.75, 3.05) is 40.0 Å². The van der Waals surface area contributed by atoms with Gasteiger partial charge in [-0.05, 0) is 30.3 Å². The van der Waals surface area contributed by atoms with E-state index < -0.39 is 5.92 Å². The van der Waals surface area contributed by atoms with Crippen LogP contribution in [-0.4, -0.2) is 54.8 Å². The molecule has 0 atom stereocenters. The van der Waals surface area contributed by atoms with E-state index in [4.69, 9.17) is 14.2 Å². The highest BCUT2D eigenvalue weighted by Crippen LogP contribution is 2.37. The predicted octanol–water partition coefficient (Wildman–Crippen LogP) is 4.37. The molecular weight excluding hydrogens is 404 g/mol. The van der Waals surface area contributed by atoms with Crippen molar-refractivity contribution in [3.05, 3.63) is 66.6 Å². The number of alkyl halides is 2. The van der Waals surface area contributed by atoms with Gasteiger partial charge in [0.2, 0.25) is 5.88 Å². The van der Waals surface area contributed by atoms with Crippen molar-refractivity contribution in [1.82, 2.24) is 14.9 Å². The maximum Gasteiger partial charge on any atom is 0.302 e. The maximum atomic E-state index is 14.7. The SMILES string of the molecule is COc1ccccc1-c1cccnc1Oc1ccc(C(F)(F)CN2CCOCC2)nc1. The van der Waals surface area contributed by atoms with Crippen LogP contribution in [0.1, 0.15) is 5.69 Å². The van der Waals surface area contributed by atoms with Gasteiger partial charge in [-0.25, -0.2) is 4.98 Å². The van der Waals surface area contributed by atoms with Gasteiger partial charge in [0.1, 0.15) is 17.2 Å². The molecule has 2 aromatic heterocycles. The molecule has 3 heterocycles. The number of halogens is 2. The first kappa shape index (κ1) is 21.1. The number of pyridine rings is 2. The van der Waals surface area contributed by atoms with Crippen molar-refractivity contribution < 1.29 is 23.0 Å². The molecule has 31 heavy (non-hydrogen) atoms. The Morgan fingerprint density at radius 1 is 1.00 bits per heavy atom. The molecule has 3 aromatic rings. The van der Waals surface area contributed by atoms with Crippen molar-refractivity contribution in [3.8, 4) is 28.5 Å². The highest BCUT2D eigenvalue weighted by Gasteiger charge is 2.36. The Morgan fingerprint density at radius 3 is 2.52 bits per heavy atom. The first-order valence-corrected chi connectivity index (χ1v) is 9.97. The molecule has 162 valence electrons. The third-order valence-corrected chi connectivity index (χ3v) is 5.02. The van der Waals surface area contributed by atoms with Gasteiger partial charge in [-0.15, -0.1) is 0 Å². The van der Waals surface area contributed by atoms with Gasteiger partial charge in [0.15, 0.2) is 0 Å². The van der Waals surface area contributed by atoms with Gasteiger partial charge in [0.25, 0.3) is 0 Å². The van der Waals surface area contributed by atoms with Crippen molar-refractivity contribution in [1.29, 1.82) is 0 Å². The lowest BCUT2D eigenvalue weighted by Gasteiger charge is -2.29. The summed E-state index contributed by atoms with van der Waals surface area (Å²) in [7, 11) is 1.59. The zero-order valence-corrected chi connectivity index (χ0v) is 17.1. The van der Waals surface area contributed by atoms with E-state index in [0.717, 1.165) is 11.1 Å². The van der Waals surface area contributed by atoms with E-state index in [9.17, 15) is 8.78 Å². The average Bonchev–Trinajstić information content (AvgIpc) is 2.80. The van der Waals surface area contributed by atoms with Crippen LogP contribution in [0.5, 0.6) is 17.4 Å². The molecule has 1 aliphatic rings. The summed E-state index contributed by atoms with van der Waals surface area (Å²) in [5.41, 5.74) is 1.24. The number of nitrogens with zero attached hydrogens (tertiary/aromatic N) is 3. The minimum atomic E-state index is -3.07. The number of hydrogen-bond acceptors (Lipinski definition) is 6. The molecule has 8 heteroatoms. The minimum Gasteiger partial charge on any atom is -0.496 e. The predicted molar refractivity (Wildman–Crippen MR) is 112 cm³/mol. The Morgan fingerprint density at radius 2 is 1.77 bits per heavy atom. The molecule has 1 aliphatic heterocycles. The highest BCUT2D eigenvalue weighted by molar-refractivity contribution is 5.74. The number of benzene rings is 1. The number of methoxy groups -OCH3 is 1. The molecule has 0 spiro atoms. The van der Waals surface area contributed by atoms with Crippen molar-refractivity contribution in [2.24, 2.45) is 0 Å². The molecule has 0 aliphatic carbocycles. The third-order valence-electron chi connectivity index (χ3n) is 5.02. The maximum absolute atomic E-state index is 14.7. The number of rotatable bonds is 7. The molecule has 1 aromatic carbocycles. The van der Waals surface area contributed by atoms with E-state index >= 15 is 0 Å².